The van der Waals surface area contributed by atoms with Gasteiger partial charge >= 0.3 is 6.01 Å². The maximum atomic E-state index is 5.85. The summed E-state index contributed by atoms with van der Waals surface area (Å²) in [6, 6.07) is 8.19. The van der Waals surface area contributed by atoms with Crippen molar-refractivity contribution in [2.75, 3.05) is 24.6 Å². The molecule has 1 saturated heterocycles. The third-order valence-electron chi connectivity index (χ3n) is 4.20. The Labute approximate surface area is 138 Å². The number of anilines is 1. The Bertz CT molecular complexity index is 619. The van der Waals surface area contributed by atoms with Crippen LogP contribution in [0.25, 0.3) is 0 Å². The number of hydrogen-bond donors (Lipinski definition) is 0. The van der Waals surface area contributed by atoms with Crippen molar-refractivity contribution in [2.45, 2.75) is 32.6 Å². The maximum Gasteiger partial charge on any atom is 0.324 e. The molecule has 1 aliphatic heterocycles. The van der Waals surface area contributed by atoms with E-state index in [0.29, 0.717) is 17.9 Å². The smallest absolute Gasteiger partial charge is 0.324 e. The molecule has 0 atom stereocenters. The predicted molar refractivity (Wildman–Crippen MR) is 90.6 cm³/mol. The molecular formula is C17H22BN3O2. The second-order valence-corrected chi connectivity index (χ2v) is 6.40. The Morgan fingerprint density at radius 1 is 1.26 bits per heavy atom. The molecule has 3 rings (SSSR count). The minimum atomic E-state index is 0.290. The first kappa shape index (κ1) is 15.9. The molecule has 0 bridgehead atoms. The van der Waals surface area contributed by atoms with Gasteiger partial charge in [-0.3, -0.25) is 0 Å². The van der Waals surface area contributed by atoms with Gasteiger partial charge in [-0.1, -0.05) is 36.6 Å². The highest BCUT2D eigenvalue weighted by Crippen LogP contribution is 2.24. The van der Waals surface area contributed by atoms with Gasteiger partial charge in [0.25, 0.3) is 0 Å². The van der Waals surface area contributed by atoms with Crippen LogP contribution in [0.2, 0.25) is 0 Å². The summed E-state index contributed by atoms with van der Waals surface area (Å²) in [6.45, 7) is 6.72. The summed E-state index contributed by atoms with van der Waals surface area (Å²) in [5.74, 6) is 2.49. The molecular weight excluding hydrogens is 289 g/mol. The van der Waals surface area contributed by atoms with Crippen LogP contribution in [-0.4, -0.2) is 37.7 Å². The molecule has 2 radical (unpaired) electrons. The highest BCUT2D eigenvalue weighted by Gasteiger charge is 2.24. The van der Waals surface area contributed by atoms with E-state index in [1.54, 1.807) is 0 Å². The van der Waals surface area contributed by atoms with Gasteiger partial charge in [0.05, 0.1) is 6.61 Å². The minimum Gasteiger partial charge on any atom is -0.493 e. The van der Waals surface area contributed by atoms with Crippen molar-refractivity contribution in [1.29, 1.82) is 0 Å². The van der Waals surface area contributed by atoms with Gasteiger partial charge in [0.2, 0.25) is 0 Å². The van der Waals surface area contributed by atoms with Crippen LogP contribution < -0.4 is 15.1 Å². The molecule has 23 heavy (non-hydrogen) atoms. The molecule has 0 spiro atoms. The van der Waals surface area contributed by atoms with Gasteiger partial charge < -0.3 is 14.2 Å². The van der Waals surface area contributed by atoms with E-state index in [0.717, 1.165) is 49.6 Å². The Hall–Kier alpha value is -1.98. The van der Waals surface area contributed by atoms with E-state index in [2.05, 4.69) is 28.9 Å². The van der Waals surface area contributed by atoms with E-state index < -0.39 is 0 Å². The van der Waals surface area contributed by atoms with Gasteiger partial charge in [-0.05, 0) is 30.9 Å². The standard InChI is InChI=1S/C17H22BN3O2/c1-12(2)16-19-17(23-20-16)21-9-7-13(8-10-21)11-22-15-5-3-14(18)4-6-15/h3-6,12-13H,7-11H2,1-2H3. The lowest BCUT2D eigenvalue weighted by Gasteiger charge is -2.30. The van der Waals surface area contributed by atoms with E-state index in [9.17, 15) is 0 Å². The SMILES string of the molecule is [B]c1ccc(OCC2CCN(c3nc(C(C)C)no3)CC2)cc1. The van der Waals surface area contributed by atoms with Crippen LogP contribution in [-0.2, 0) is 0 Å². The lowest BCUT2D eigenvalue weighted by molar-refractivity contribution is 0.220. The molecule has 1 aromatic heterocycles. The summed E-state index contributed by atoms with van der Waals surface area (Å²) < 4.78 is 11.2. The molecule has 2 heterocycles. The molecule has 1 aromatic carbocycles. The molecule has 1 fully saturated rings. The van der Waals surface area contributed by atoms with Gasteiger partial charge in [0.1, 0.15) is 13.6 Å². The molecule has 1 aliphatic rings. The molecule has 0 unspecified atom stereocenters. The van der Waals surface area contributed by atoms with Gasteiger partial charge in [0, 0.05) is 19.0 Å². The lowest BCUT2D eigenvalue weighted by Crippen LogP contribution is -2.35. The average Bonchev–Trinajstić information content (AvgIpc) is 3.05. The zero-order valence-corrected chi connectivity index (χ0v) is 13.7. The summed E-state index contributed by atoms with van der Waals surface area (Å²) in [7, 11) is 5.68. The lowest BCUT2D eigenvalue weighted by atomic mass is 9.96. The zero-order chi connectivity index (χ0) is 16.2. The van der Waals surface area contributed by atoms with Crippen LogP contribution in [0.5, 0.6) is 5.75 Å². The summed E-state index contributed by atoms with van der Waals surface area (Å²) in [6.07, 6.45) is 2.13. The second-order valence-electron chi connectivity index (χ2n) is 6.40. The van der Waals surface area contributed by atoms with Crippen LogP contribution >= 0.6 is 0 Å². The zero-order valence-electron chi connectivity index (χ0n) is 13.7. The van der Waals surface area contributed by atoms with Crippen molar-refractivity contribution >= 4 is 19.3 Å². The van der Waals surface area contributed by atoms with Crippen molar-refractivity contribution in [3.05, 3.63) is 30.1 Å². The number of ether oxygens (including phenoxy) is 1. The Balaban J connectivity index is 1.47. The van der Waals surface area contributed by atoms with Crippen LogP contribution in [0.4, 0.5) is 6.01 Å². The van der Waals surface area contributed by atoms with Crippen molar-refractivity contribution in [3.63, 3.8) is 0 Å². The summed E-state index contributed by atoms with van der Waals surface area (Å²) in [5.41, 5.74) is 0.756. The van der Waals surface area contributed by atoms with E-state index >= 15 is 0 Å². The number of rotatable bonds is 5. The van der Waals surface area contributed by atoms with Gasteiger partial charge in [-0.15, -0.1) is 0 Å². The summed E-state index contributed by atoms with van der Waals surface area (Å²) in [5, 5.41) is 4.03. The molecule has 2 aromatic rings. The Morgan fingerprint density at radius 2 is 1.96 bits per heavy atom. The van der Waals surface area contributed by atoms with E-state index in [1.165, 1.54) is 0 Å². The molecule has 0 N–H and O–H groups in total. The fraction of sp³-hybridized carbons (Fsp3) is 0.529. The topological polar surface area (TPSA) is 51.4 Å². The first-order valence-electron chi connectivity index (χ1n) is 8.18. The molecule has 6 heteroatoms. The first-order valence-corrected chi connectivity index (χ1v) is 8.18. The highest BCUT2D eigenvalue weighted by molar-refractivity contribution is 6.32. The number of benzene rings is 1. The fourth-order valence-corrected chi connectivity index (χ4v) is 2.66. The number of nitrogens with zero attached hydrogens (tertiary/aromatic N) is 3. The molecule has 0 aliphatic carbocycles. The predicted octanol–water partition coefficient (Wildman–Crippen LogP) is 2.28. The third kappa shape index (κ3) is 4.06. The Morgan fingerprint density at radius 3 is 2.57 bits per heavy atom. The summed E-state index contributed by atoms with van der Waals surface area (Å²) in [4.78, 5) is 6.63. The van der Waals surface area contributed by atoms with Gasteiger partial charge in [-0.25, -0.2) is 0 Å². The molecule has 0 amide bonds. The number of piperidine rings is 1. The van der Waals surface area contributed by atoms with Crippen molar-refractivity contribution in [1.82, 2.24) is 10.1 Å². The summed E-state index contributed by atoms with van der Waals surface area (Å²) >= 11 is 0. The third-order valence-corrected chi connectivity index (χ3v) is 4.20. The van der Waals surface area contributed by atoms with Crippen LogP contribution in [0.3, 0.4) is 0 Å². The normalized spacial score (nSPS) is 16.0. The number of hydrogen-bond acceptors (Lipinski definition) is 5. The van der Waals surface area contributed by atoms with E-state index in [-0.39, 0.29) is 0 Å². The van der Waals surface area contributed by atoms with Gasteiger partial charge in [0.15, 0.2) is 5.82 Å². The Kier molecular flexibility index (Phi) is 4.89. The largest absolute Gasteiger partial charge is 0.493 e. The average molecular weight is 311 g/mol. The van der Waals surface area contributed by atoms with Crippen LogP contribution in [0.1, 0.15) is 38.4 Å². The minimum absolute atomic E-state index is 0.290. The van der Waals surface area contributed by atoms with Crippen molar-refractivity contribution in [2.24, 2.45) is 5.92 Å². The monoisotopic (exact) mass is 311 g/mol. The molecule has 120 valence electrons. The maximum absolute atomic E-state index is 5.85. The van der Waals surface area contributed by atoms with Crippen LogP contribution in [0.15, 0.2) is 28.8 Å². The first-order chi connectivity index (χ1) is 11.1. The van der Waals surface area contributed by atoms with Crippen LogP contribution in [0, 0.1) is 5.92 Å². The quantitative estimate of drug-likeness (QED) is 0.793. The number of aromatic nitrogens is 2. The molecule has 5 nitrogen and oxygen atoms in total. The van der Waals surface area contributed by atoms with Crippen molar-refractivity contribution < 1.29 is 9.26 Å². The van der Waals surface area contributed by atoms with Crippen molar-refractivity contribution in [3.8, 4) is 5.75 Å². The highest BCUT2D eigenvalue weighted by atomic mass is 16.5. The van der Waals surface area contributed by atoms with E-state index in [1.807, 2.05) is 24.3 Å². The second kappa shape index (κ2) is 7.07. The fourth-order valence-electron chi connectivity index (χ4n) is 2.66. The molecule has 0 saturated carbocycles. The van der Waals surface area contributed by atoms with Gasteiger partial charge in [-0.2, -0.15) is 4.98 Å². The van der Waals surface area contributed by atoms with E-state index in [4.69, 9.17) is 17.1 Å².